The SMILES string of the molecule is Cc1cccc(O)c1Oc1ccc(N(c2cccc(O)c2C)c2cccc(O)c2C)cc1. The standard InChI is InChI=1S/C27H25NO4/c1-17-7-4-12-26(31)27(17)32-21-15-13-20(14-16-21)28(22-8-5-10-24(29)18(22)2)23-9-6-11-25(30)19(23)3/h4-16,29-31H,1-3H3. The first kappa shape index (κ1) is 21.1. The third kappa shape index (κ3) is 3.93. The van der Waals surface area contributed by atoms with Gasteiger partial charge in [0.05, 0.1) is 11.4 Å². The van der Waals surface area contributed by atoms with E-state index in [4.69, 9.17) is 4.74 Å². The fraction of sp³-hybridized carbons (Fsp3) is 0.111. The molecule has 0 aromatic heterocycles. The van der Waals surface area contributed by atoms with Gasteiger partial charge in [0.1, 0.15) is 17.2 Å². The molecule has 0 aliphatic heterocycles. The normalized spacial score (nSPS) is 10.7. The summed E-state index contributed by atoms with van der Waals surface area (Å²) in [5, 5.41) is 30.7. The number of ether oxygens (including phenoxy) is 1. The van der Waals surface area contributed by atoms with Gasteiger partial charge < -0.3 is 25.0 Å². The van der Waals surface area contributed by atoms with Gasteiger partial charge in [-0.1, -0.05) is 24.3 Å². The van der Waals surface area contributed by atoms with E-state index in [1.807, 2.05) is 68.1 Å². The van der Waals surface area contributed by atoms with Gasteiger partial charge in [0.2, 0.25) is 0 Å². The van der Waals surface area contributed by atoms with Gasteiger partial charge in [0.25, 0.3) is 0 Å². The van der Waals surface area contributed by atoms with Crippen molar-refractivity contribution in [3.63, 3.8) is 0 Å². The molecule has 4 aromatic carbocycles. The summed E-state index contributed by atoms with van der Waals surface area (Å²) < 4.78 is 5.92. The molecule has 5 nitrogen and oxygen atoms in total. The average molecular weight is 428 g/mol. The molecule has 0 bridgehead atoms. The Labute approximate surface area is 187 Å². The van der Waals surface area contributed by atoms with E-state index in [9.17, 15) is 15.3 Å². The molecular formula is C27H25NO4. The van der Waals surface area contributed by atoms with Crippen LogP contribution in [0.1, 0.15) is 16.7 Å². The van der Waals surface area contributed by atoms with Gasteiger partial charge in [-0.25, -0.2) is 0 Å². The Hall–Kier alpha value is -4.12. The highest BCUT2D eigenvalue weighted by molar-refractivity contribution is 5.82. The lowest BCUT2D eigenvalue weighted by atomic mass is 10.1. The zero-order valence-corrected chi connectivity index (χ0v) is 18.2. The van der Waals surface area contributed by atoms with Crippen molar-refractivity contribution in [1.29, 1.82) is 0 Å². The number of anilines is 3. The Bertz CT molecular complexity index is 1190. The summed E-state index contributed by atoms with van der Waals surface area (Å²) >= 11 is 0. The number of benzene rings is 4. The summed E-state index contributed by atoms with van der Waals surface area (Å²) in [6.07, 6.45) is 0. The number of hydrogen-bond acceptors (Lipinski definition) is 5. The van der Waals surface area contributed by atoms with E-state index in [0.29, 0.717) is 11.5 Å². The van der Waals surface area contributed by atoms with E-state index in [2.05, 4.69) is 0 Å². The Morgan fingerprint density at radius 2 is 1.09 bits per heavy atom. The molecular weight excluding hydrogens is 402 g/mol. The second-order valence-electron chi connectivity index (χ2n) is 7.70. The van der Waals surface area contributed by atoms with Crippen molar-refractivity contribution in [2.45, 2.75) is 20.8 Å². The Kier molecular flexibility index (Phi) is 5.65. The third-order valence-electron chi connectivity index (χ3n) is 5.54. The molecule has 0 amide bonds. The lowest BCUT2D eigenvalue weighted by molar-refractivity contribution is 0.409. The summed E-state index contributed by atoms with van der Waals surface area (Å²) in [5.74, 6) is 1.48. The molecule has 32 heavy (non-hydrogen) atoms. The number of phenolic OH excluding ortho intramolecular Hbond substituents is 3. The zero-order valence-electron chi connectivity index (χ0n) is 18.2. The molecule has 4 aromatic rings. The van der Waals surface area contributed by atoms with Crippen molar-refractivity contribution in [2.24, 2.45) is 0 Å². The highest BCUT2D eigenvalue weighted by Crippen LogP contribution is 2.43. The van der Waals surface area contributed by atoms with E-state index < -0.39 is 0 Å². The average Bonchev–Trinajstić information content (AvgIpc) is 2.78. The van der Waals surface area contributed by atoms with Gasteiger partial charge in [-0.3, -0.25) is 0 Å². The van der Waals surface area contributed by atoms with Gasteiger partial charge in [0, 0.05) is 16.8 Å². The van der Waals surface area contributed by atoms with Crippen molar-refractivity contribution in [1.82, 2.24) is 0 Å². The minimum absolute atomic E-state index is 0.0847. The first-order chi connectivity index (χ1) is 15.4. The van der Waals surface area contributed by atoms with E-state index in [-0.39, 0.29) is 17.2 Å². The van der Waals surface area contributed by atoms with Crippen LogP contribution in [0.5, 0.6) is 28.7 Å². The smallest absolute Gasteiger partial charge is 0.171 e. The second-order valence-corrected chi connectivity index (χ2v) is 7.70. The molecule has 4 rings (SSSR count). The summed E-state index contributed by atoms with van der Waals surface area (Å²) in [6.45, 7) is 5.59. The van der Waals surface area contributed by atoms with Crippen LogP contribution < -0.4 is 9.64 Å². The number of aryl methyl sites for hydroxylation is 1. The first-order valence-electron chi connectivity index (χ1n) is 10.3. The van der Waals surface area contributed by atoms with Crippen LogP contribution in [0, 0.1) is 20.8 Å². The van der Waals surface area contributed by atoms with Crippen molar-refractivity contribution >= 4 is 17.1 Å². The monoisotopic (exact) mass is 427 g/mol. The van der Waals surface area contributed by atoms with E-state index in [1.54, 1.807) is 36.4 Å². The van der Waals surface area contributed by atoms with Crippen LogP contribution in [0.25, 0.3) is 0 Å². The lowest BCUT2D eigenvalue weighted by Crippen LogP contribution is -2.12. The molecule has 0 unspecified atom stereocenters. The molecule has 0 saturated heterocycles. The maximum atomic E-state index is 10.3. The summed E-state index contributed by atoms with van der Waals surface area (Å²) in [6, 6.07) is 23.4. The van der Waals surface area contributed by atoms with Crippen LogP contribution in [-0.2, 0) is 0 Å². The van der Waals surface area contributed by atoms with Crippen LogP contribution in [-0.4, -0.2) is 15.3 Å². The predicted molar refractivity (Wildman–Crippen MR) is 127 cm³/mol. The number of nitrogens with zero attached hydrogens (tertiary/aromatic N) is 1. The van der Waals surface area contributed by atoms with Crippen molar-refractivity contribution in [2.75, 3.05) is 4.90 Å². The van der Waals surface area contributed by atoms with Crippen molar-refractivity contribution in [3.8, 4) is 28.7 Å². The topological polar surface area (TPSA) is 73.2 Å². The van der Waals surface area contributed by atoms with E-state index in [1.165, 1.54) is 0 Å². The molecule has 0 radical (unpaired) electrons. The van der Waals surface area contributed by atoms with Crippen LogP contribution in [0.3, 0.4) is 0 Å². The van der Waals surface area contributed by atoms with Crippen molar-refractivity contribution < 1.29 is 20.1 Å². The van der Waals surface area contributed by atoms with Crippen molar-refractivity contribution in [3.05, 3.63) is 95.6 Å². The Morgan fingerprint density at radius 1 is 0.594 bits per heavy atom. The summed E-state index contributed by atoms with van der Waals surface area (Å²) in [7, 11) is 0. The van der Waals surface area contributed by atoms with Gasteiger partial charge >= 0.3 is 0 Å². The Morgan fingerprint density at radius 3 is 1.62 bits per heavy atom. The van der Waals surface area contributed by atoms with Crippen LogP contribution >= 0.6 is 0 Å². The minimum atomic E-state index is 0.0847. The second kappa shape index (κ2) is 8.55. The lowest BCUT2D eigenvalue weighted by Gasteiger charge is -2.29. The van der Waals surface area contributed by atoms with Gasteiger partial charge in [-0.2, -0.15) is 0 Å². The van der Waals surface area contributed by atoms with Crippen LogP contribution in [0.4, 0.5) is 17.1 Å². The quantitative estimate of drug-likeness (QED) is 0.320. The van der Waals surface area contributed by atoms with Gasteiger partial charge in [-0.05, 0) is 80.9 Å². The molecule has 0 aliphatic carbocycles. The Balaban J connectivity index is 1.78. The fourth-order valence-corrected chi connectivity index (χ4v) is 3.67. The minimum Gasteiger partial charge on any atom is -0.508 e. The number of hydrogen-bond donors (Lipinski definition) is 3. The number of para-hydroxylation sites is 1. The fourth-order valence-electron chi connectivity index (χ4n) is 3.67. The number of rotatable bonds is 5. The molecule has 0 heterocycles. The first-order valence-corrected chi connectivity index (χ1v) is 10.3. The van der Waals surface area contributed by atoms with E-state index in [0.717, 1.165) is 33.8 Å². The number of phenols is 3. The molecule has 5 heteroatoms. The van der Waals surface area contributed by atoms with E-state index >= 15 is 0 Å². The number of aromatic hydroxyl groups is 3. The molecule has 0 fully saturated rings. The highest BCUT2D eigenvalue weighted by Gasteiger charge is 2.19. The zero-order chi connectivity index (χ0) is 22.8. The van der Waals surface area contributed by atoms with Gasteiger partial charge in [0.15, 0.2) is 11.5 Å². The summed E-state index contributed by atoms with van der Waals surface area (Å²) in [5.41, 5.74) is 4.70. The molecule has 3 N–H and O–H groups in total. The molecule has 0 atom stereocenters. The predicted octanol–water partition coefficient (Wildman–Crippen LogP) is 6.99. The highest BCUT2D eigenvalue weighted by atomic mass is 16.5. The summed E-state index contributed by atoms with van der Waals surface area (Å²) in [4.78, 5) is 1.99. The largest absolute Gasteiger partial charge is 0.508 e. The molecule has 0 spiro atoms. The third-order valence-corrected chi connectivity index (χ3v) is 5.54. The molecule has 0 aliphatic rings. The van der Waals surface area contributed by atoms with Gasteiger partial charge in [-0.15, -0.1) is 0 Å². The maximum absolute atomic E-state index is 10.3. The van der Waals surface area contributed by atoms with Crippen LogP contribution in [0.2, 0.25) is 0 Å². The molecule has 0 saturated carbocycles. The molecule has 162 valence electrons. The van der Waals surface area contributed by atoms with Crippen LogP contribution in [0.15, 0.2) is 78.9 Å². The maximum Gasteiger partial charge on any atom is 0.171 e.